The van der Waals surface area contributed by atoms with Gasteiger partial charge in [0, 0.05) is 11.4 Å². The number of rotatable bonds is 9. The van der Waals surface area contributed by atoms with Gasteiger partial charge < -0.3 is 20.1 Å². The molecular formula is C26H25FN4O5. The molecule has 186 valence electrons. The van der Waals surface area contributed by atoms with Crippen LogP contribution in [0.15, 0.2) is 71.8 Å². The van der Waals surface area contributed by atoms with Gasteiger partial charge in [-0.15, -0.1) is 0 Å². The van der Waals surface area contributed by atoms with Gasteiger partial charge in [-0.3, -0.25) is 14.4 Å². The van der Waals surface area contributed by atoms with Crippen LogP contribution in [-0.4, -0.2) is 37.1 Å². The van der Waals surface area contributed by atoms with E-state index in [4.69, 9.17) is 9.47 Å². The third-order valence-electron chi connectivity index (χ3n) is 4.65. The van der Waals surface area contributed by atoms with Crippen molar-refractivity contribution >= 4 is 35.3 Å². The first-order valence-electron chi connectivity index (χ1n) is 11.0. The van der Waals surface area contributed by atoms with Gasteiger partial charge in [-0.2, -0.15) is 5.10 Å². The largest absolute Gasteiger partial charge is 0.490 e. The number of hydrazone groups is 1. The van der Waals surface area contributed by atoms with Gasteiger partial charge in [0.2, 0.25) is 0 Å². The van der Waals surface area contributed by atoms with E-state index in [1.165, 1.54) is 18.3 Å². The highest BCUT2D eigenvalue weighted by Crippen LogP contribution is 2.28. The molecule has 3 aromatic carbocycles. The van der Waals surface area contributed by atoms with Gasteiger partial charge in [0.15, 0.2) is 18.1 Å². The molecule has 0 saturated carbocycles. The maximum atomic E-state index is 12.9. The van der Waals surface area contributed by atoms with Crippen LogP contribution in [0.1, 0.15) is 18.1 Å². The van der Waals surface area contributed by atoms with E-state index in [0.29, 0.717) is 29.4 Å². The van der Waals surface area contributed by atoms with E-state index < -0.39 is 17.6 Å². The summed E-state index contributed by atoms with van der Waals surface area (Å²) in [6.07, 6.45) is 1.32. The lowest BCUT2D eigenvalue weighted by atomic mass is 10.2. The first-order valence-corrected chi connectivity index (χ1v) is 11.0. The van der Waals surface area contributed by atoms with Gasteiger partial charge in [0.1, 0.15) is 5.82 Å². The highest BCUT2D eigenvalue weighted by molar-refractivity contribution is 6.39. The van der Waals surface area contributed by atoms with Gasteiger partial charge in [-0.1, -0.05) is 17.7 Å². The van der Waals surface area contributed by atoms with Crippen LogP contribution in [0.25, 0.3) is 0 Å². The molecular weight excluding hydrogens is 467 g/mol. The Morgan fingerprint density at radius 3 is 2.22 bits per heavy atom. The monoisotopic (exact) mass is 492 g/mol. The maximum absolute atomic E-state index is 12.9. The van der Waals surface area contributed by atoms with Gasteiger partial charge in [-0.25, -0.2) is 9.82 Å². The zero-order valence-electron chi connectivity index (χ0n) is 19.7. The summed E-state index contributed by atoms with van der Waals surface area (Å²) in [4.78, 5) is 36.1. The fraction of sp³-hybridized carbons (Fsp3) is 0.154. The third-order valence-corrected chi connectivity index (χ3v) is 4.65. The smallest absolute Gasteiger partial charge is 0.329 e. The Bertz CT molecular complexity index is 1240. The molecule has 0 spiro atoms. The molecule has 9 nitrogen and oxygen atoms in total. The summed E-state index contributed by atoms with van der Waals surface area (Å²) < 4.78 is 24.1. The number of halogens is 1. The number of hydrogen-bond acceptors (Lipinski definition) is 6. The number of benzene rings is 3. The summed E-state index contributed by atoms with van der Waals surface area (Å²) in [5.74, 6) is -2.01. The molecule has 0 aliphatic heterocycles. The summed E-state index contributed by atoms with van der Waals surface area (Å²) >= 11 is 0. The van der Waals surface area contributed by atoms with Crippen molar-refractivity contribution in [3.8, 4) is 11.5 Å². The van der Waals surface area contributed by atoms with Crippen molar-refractivity contribution in [1.29, 1.82) is 0 Å². The number of carbonyl (C=O) groups is 3. The number of hydrogen-bond donors (Lipinski definition) is 3. The average molecular weight is 493 g/mol. The Morgan fingerprint density at radius 2 is 1.53 bits per heavy atom. The van der Waals surface area contributed by atoms with Crippen molar-refractivity contribution in [3.05, 3.63) is 83.7 Å². The van der Waals surface area contributed by atoms with E-state index in [9.17, 15) is 18.8 Å². The lowest BCUT2D eigenvalue weighted by Gasteiger charge is -2.12. The summed E-state index contributed by atoms with van der Waals surface area (Å²) in [6.45, 7) is 3.89. The number of nitrogens with one attached hydrogen (secondary N) is 3. The second kappa shape index (κ2) is 12.7. The standard InChI is InChI=1S/C26H25FN4O5/c1-3-35-23-14-18(15-28-31-26(34)25(33)30-21-11-7-19(27)8-12-21)6-13-22(23)36-16-24(32)29-20-9-4-17(2)5-10-20/h4-15H,3,16H2,1-2H3,(H,29,32)(H,30,33)(H,31,34)/b28-15-. The fourth-order valence-corrected chi connectivity index (χ4v) is 2.91. The van der Waals surface area contributed by atoms with Gasteiger partial charge >= 0.3 is 11.8 Å². The van der Waals surface area contributed by atoms with Crippen molar-refractivity contribution < 1.29 is 28.2 Å². The van der Waals surface area contributed by atoms with Crippen LogP contribution in [0.2, 0.25) is 0 Å². The molecule has 0 heterocycles. The summed E-state index contributed by atoms with van der Waals surface area (Å²) in [7, 11) is 0. The van der Waals surface area contributed by atoms with E-state index in [0.717, 1.165) is 17.7 Å². The van der Waals surface area contributed by atoms with Crippen LogP contribution in [0.4, 0.5) is 15.8 Å². The number of amides is 3. The zero-order valence-corrected chi connectivity index (χ0v) is 19.7. The Morgan fingerprint density at radius 1 is 0.861 bits per heavy atom. The van der Waals surface area contributed by atoms with Crippen LogP contribution < -0.4 is 25.5 Å². The normalized spacial score (nSPS) is 10.5. The molecule has 36 heavy (non-hydrogen) atoms. The molecule has 3 amide bonds. The predicted molar refractivity (Wildman–Crippen MR) is 134 cm³/mol. The molecule has 3 N–H and O–H groups in total. The number of carbonyl (C=O) groups excluding carboxylic acids is 3. The van der Waals surface area contributed by atoms with E-state index in [1.54, 1.807) is 37.3 Å². The minimum Gasteiger partial charge on any atom is -0.490 e. The quantitative estimate of drug-likeness (QED) is 0.240. The first kappa shape index (κ1) is 25.9. The molecule has 3 aromatic rings. The Balaban J connectivity index is 1.54. The lowest BCUT2D eigenvalue weighted by molar-refractivity contribution is -0.136. The molecule has 0 saturated heterocycles. The third kappa shape index (κ3) is 7.94. The molecule has 0 fully saturated rings. The minimum atomic E-state index is -1.000. The first-order chi connectivity index (χ1) is 17.3. The number of anilines is 2. The van der Waals surface area contributed by atoms with E-state index in [1.807, 2.05) is 19.1 Å². The lowest BCUT2D eigenvalue weighted by Crippen LogP contribution is -2.32. The molecule has 0 bridgehead atoms. The molecule has 0 aliphatic carbocycles. The second-order valence-electron chi connectivity index (χ2n) is 7.50. The number of nitrogens with zero attached hydrogens (tertiary/aromatic N) is 1. The molecule has 3 rings (SSSR count). The van der Waals surface area contributed by atoms with Crippen LogP contribution in [0, 0.1) is 12.7 Å². The van der Waals surface area contributed by atoms with E-state index in [2.05, 4.69) is 21.2 Å². The van der Waals surface area contributed by atoms with Crippen LogP contribution in [0.5, 0.6) is 11.5 Å². The Labute approximate surface area is 207 Å². The molecule has 0 aromatic heterocycles. The van der Waals surface area contributed by atoms with Gasteiger partial charge in [-0.05, 0) is 74.0 Å². The average Bonchev–Trinajstić information content (AvgIpc) is 2.86. The molecule has 10 heteroatoms. The summed E-state index contributed by atoms with van der Waals surface area (Å²) in [6, 6.07) is 17.2. The highest BCUT2D eigenvalue weighted by atomic mass is 19.1. The second-order valence-corrected chi connectivity index (χ2v) is 7.50. The Hall–Kier alpha value is -4.73. The van der Waals surface area contributed by atoms with Gasteiger partial charge in [0.25, 0.3) is 5.91 Å². The predicted octanol–water partition coefficient (Wildman–Crippen LogP) is 3.64. The molecule has 0 atom stereocenters. The van der Waals surface area contributed by atoms with Crippen molar-refractivity contribution in [3.63, 3.8) is 0 Å². The van der Waals surface area contributed by atoms with Crippen LogP contribution in [-0.2, 0) is 14.4 Å². The number of aryl methyl sites for hydroxylation is 1. The zero-order chi connectivity index (χ0) is 25.9. The maximum Gasteiger partial charge on any atom is 0.329 e. The molecule has 0 unspecified atom stereocenters. The SMILES string of the molecule is CCOc1cc(/C=N\NC(=O)C(=O)Nc2ccc(F)cc2)ccc1OCC(=O)Nc1ccc(C)cc1. The van der Waals surface area contributed by atoms with Crippen molar-refractivity contribution in [2.45, 2.75) is 13.8 Å². The van der Waals surface area contributed by atoms with Gasteiger partial charge in [0.05, 0.1) is 12.8 Å². The summed E-state index contributed by atoms with van der Waals surface area (Å²) in [5, 5.41) is 8.85. The van der Waals surface area contributed by atoms with E-state index >= 15 is 0 Å². The number of ether oxygens (including phenoxy) is 2. The van der Waals surface area contributed by atoms with Crippen LogP contribution >= 0.6 is 0 Å². The fourth-order valence-electron chi connectivity index (χ4n) is 2.91. The van der Waals surface area contributed by atoms with Crippen molar-refractivity contribution in [2.24, 2.45) is 5.10 Å². The van der Waals surface area contributed by atoms with E-state index in [-0.39, 0.29) is 18.2 Å². The molecule has 0 radical (unpaired) electrons. The highest BCUT2D eigenvalue weighted by Gasteiger charge is 2.13. The Kier molecular flexibility index (Phi) is 9.10. The molecule has 0 aliphatic rings. The minimum absolute atomic E-state index is 0.222. The van der Waals surface area contributed by atoms with Crippen LogP contribution in [0.3, 0.4) is 0 Å². The van der Waals surface area contributed by atoms with Crippen molar-refractivity contribution in [1.82, 2.24) is 5.43 Å². The summed E-state index contributed by atoms with van der Waals surface area (Å²) in [5.41, 5.74) is 4.68. The topological polar surface area (TPSA) is 118 Å². The van der Waals surface area contributed by atoms with Crippen molar-refractivity contribution in [2.75, 3.05) is 23.8 Å².